The van der Waals surface area contributed by atoms with Crippen LogP contribution in [0.25, 0.3) is 0 Å². The van der Waals surface area contributed by atoms with Gasteiger partial charge >= 0.3 is 5.97 Å². The maximum absolute atomic E-state index is 11.1. The average molecular weight is 216 g/mol. The Morgan fingerprint density at radius 3 is 2.50 bits per heavy atom. The van der Waals surface area contributed by atoms with E-state index < -0.39 is 5.97 Å². The van der Waals surface area contributed by atoms with E-state index in [2.05, 4.69) is 13.8 Å². The lowest BCUT2D eigenvalue weighted by atomic mass is 10.0. The lowest BCUT2D eigenvalue weighted by molar-refractivity contribution is -0.137. The van der Waals surface area contributed by atoms with Gasteiger partial charge in [0.25, 0.3) is 0 Å². The Morgan fingerprint density at radius 1 is 1.50 bits per heavy atom. The molecule has 0 aromatic heterocycles. The fourth-order valence-corrected chi connectivity index (χ4v) is 3.28. The van der Waals surface area contributed by atoms with E-state index in [9.17, 15) is 4.79 Å². The van der Waals surface area contributed by atoms with Crippen LogP contribution in [0, 0.1) is 5.92 Å². The largest absolute Gasteiger partial charge is 0.480 e. The Hall–Kier alpha value is -0.180. The number of hydrogen-bond acceptors (Lipinski definition) is 2. The number of thioether (sulfide) groups is 1. The van der Waals surface area contributed by atoms with Crippen LogP contribution in [0.4, 0.5) is 0 Å². The fourth-order valence-electron chi connectivity index (χ4n) is 1.98. The van der Waals surface area contributed by atoms with E-state index in [-0.39, 0.29) is 5.25 Å². The van der Waals surface area contributed by atoms with Crippen molar-refractivity contribution in [3.63, 3.8) is 0 Å². The Balaban J connectivity index is 2.49. The first-order valence-corrected chi connectivity index (χ1v) is 6.47. The average Bonchev–Trinajstić information content (AvgIpc) is 2.65. The van der Waals surface area contributed by atoms with Crippen LogP contribution in [-0.4, -0.2) is 21.6 Å². The molecule has 0 aliphatic heterocycles. The maximum Gasteiger partial charge on any atom is 0.316 e. The maximum atomic E-state index is 11.1. The summed E-state index contributed by atoms with van der Waals surface area (Å²) < 4.78 is 0. The minimum absolute atomic E-state index is 0.160. The SMILES string of the molecule is CCC(C)SC(C(=O)O)C1CCCC1. The molecule has 1 N–H and O–H groups in total. The molecule has 82 valence electrons. The van der Waals surface area contributed by atoms with Gasteiger partial charge in [-0.05, 0) is 25.2 Å². The van der Waals surface area contributed by atoms with Gasteiger partial charge in [0.15, 0.2) is 0 Å². The van der Waals surface area contributed by atoms with Gasteiger partial charge in [-0.25, -0.2) is 0 Å². The van der Waals surface area contributed by atoms with Crippen LogP contribution < -0.4 is 0 Å². The molecule has 1 rings (SSSR count). The predicted octanol–water partition coefficient (Wildman–Crippen LogP) is 3.16. The number of carbonyl (C=O) groups is 1. The summed E-state index contributed by atoms with van der Waals surface area (Å²) in [5.74, 6) is -0.186. The molecule has 0 bridgehead atoms. The van der Waals surface area contributed by atoms with E-state index in [0.717, 1.165) is 19.3 Å². The first-order valence-electron chi connectivity index (χ1n) is 5.53. The monoisotopic (exact) mass is 216 g/mol. The molecule has 2 nitrogen and oxygen atoms in total. The number of carboxylic acids is 1. The second kappa shape index (κ2) is 5.64. The van der Waals surface area contributed by atoms with Crippen molar-refractivity contribution in [2.24, 2.45) is 5.92 Å². The van der Waals surface area contributed by atoms with E-state index in [1.54, 1.807) is 11.8 Å². The van der Waals surface area contributed by atoms with Crippen LogP contribution in [0.2, 0.25) is 0 Å². The van der Waals surface area contributed by atoms with E-state index >= 15 is 0 Å². The Bertz CT molecular complexity index is 188. The van der Waals surface area contributed by atoms with E-state index in [1.807, 2.05) is 0 Å². The smallest absolute Gasteiger partial charge is 0.316 e. The Labute approximate surface area is 90.5 Å². The molecule has 0 spiro atoms. The van der Waals surface area contributed by atoms with Crippen molar-refractivity contribution in [2.75, 3.05) is 0 Å². The van der Waals surface area contributed by atoms with E-state index in [1.165, 1.54) is 12.8 Å². The van der Waals surface area contributed by atoms with Gasteiger partial charge in [0.1, 0.15) is 5.25 Å². The second-order valence-corrected chi connectivity index (χ2v) is 5.74. The highest BCUT2D eigenvalue weighted by Crippen LogP contribution is 2.36. The van der Waals surface area contributed by atoms with Crippen molar-refractivity contribution in [3.8, 4) is 0 Å². The summed E-state index contributed by atoms with van der Waals surface area (Å²) in [6.45, 7) is 4.24. The first-order chi connectivity index (χ1) is 6.65. The minimum Gasteiger partial charge on any atom is -0.480 e. The third-order valence-electron chi connectivity index (χ3n) is 3.03. The van der Waals surface area contributed by atoms with Gasteiger partial charge in [0, 0.05) is 5.25 Å². The molecule has 0 aromatic carbocycles. The number of hydrogen-bond donors (Lipinski definition) is 1. The van der Waals surface area contributed by atoms with Crippen molar-refractivity contribution in [2.45, 2.75) is 56.5 Å². The summed E-state index contributed by atoms with van der Waals surface area (Å²) in [5, 5.41) is 9.47. The zero-order valence-corrected chi connectivity index (χ0v) is 9.85. The van der Waals surface area contributed by atoms with E-state index in [4.69, 9.17) is 5.11 Å². The zero-order chi connectivity index (χ0) is 10.6. The Morgan fingerprint density at radius 2 is 2.07 bits per heavy atom. The van der Waals surface area contributed by atoms with E-state index in [0.29, 0.717) is 11.2 Å². The highest BCUT2D eigenvalue weighted by Gasteiger charge is 2.31. The van der Waals surface area contributed by atoms with Gasteiger partial charge in [-0.1, -0.05) is 26.7 Å². The summed E-state index contributed by atoms with van der Waals surface area (Å²) in [6, 6.07) is 0. The molecule has 2 unspecified atom stereocenters. The molecule has 1 aliphatic rings. The summed E-state index contributed by atoms with van der Waals surface area (Å²) >= 11 is 1.65. The molecular formula is C11H20O2S. The summed E-state index contributed by atoms with van der Waals surface area (Å²) in [4.78, 5) is 11.1. The van der Waals surface area contributed by atoms with Gasteiger partial charge in [-0.15, -0.1) is 11.8 Å². The fraction of sp³-hybridized carbons (Fsp3) is 0.909. The normalized spacial score (nSPS) is 22.1. The molecule has 1 fully saturated rings. The lowest BCUT2D eigenvalue weighted by Gasteiger charge is -2.21. The van der Waals surface area contributed by atoms with Crippen molar-refractivity contribution in [1.82, 2.24) is 0 Å². The van der Waals surface area contributed by atoms with Crippen LogP contribution in [0.5, 0.6) is 0 Å². The summed E-state index contributed by atoms with van der Waals surface area (Å²) in [5.41, 5.74) is 0. The van der Waals surface area contributed by atoms with Gasteiger partial charge in [0.05, 0.1) is 0 Å². The van der Waals surface area contributed by atoms with Crippen molar-refractivity contribution >= 4 is 17.7 Å². The highest BCUT2D eigenvalue weighted by atomic mass is 32.2. The molecule has 1 saturated carbocycles. The first kappa shape index (κ1) is 11.9. The van der Waals surface area contributed by atoms with Gasteiger partial charge in [0.2, 0.25) is 0 Å². The number of aliphatic carboxylic acids is 1. The molecule has 0 heterocycles. The molecule has 1 aliphatic carbocycles. The lowest BCUT2D eigenvalue weighted by Crippen LogP contribution is -2.26. The third kappa shape index (κ3) is 3.19. The number of rotatable bonds is 5. The molecule has 0 amide bonds. The highest BCUT2D eigenvalue weighted by molar-refractivity contribution is 8.01. The molecule has 0 aromatic rings. The summed E-state index contributed by atoms with van der Waals surface area (Å²) in [7, 11) is 0. The van der Waals surface area contributed by atoms with Crippen LogP contribution in [0.15, 0.2) is 0 Å². The van der Waals surface area contributed by atoms with Crippen molar-refractivity contribution in [3.05, 3.63) is 0 Å². The van der Waals surface area contributed by atoms with Crippen LogP contribution in [0.1, 0.15) is 46.0 Å². The van der Waals surface area contributed by atoms with Gasteiger partial charge in [-0.3, -0.25) is 4.79 Å². The minimum atomic E-state index is -0.609. The predicted molar refractivity (Wildman–Crippen MR) is 60.7 cm³/mol. The van der Waals surface area contributed by atoms with Crippen LogP contribution >= 0.6 is 11.8 Å². The molecular weight excluding hydrogens is 196 g/mol. The molecule has 0 radical (unpaired) electrons. The Kier molecular flexibility index (Phi) is 4.79. The molecule has 3 heteroatoms. The van der Waals surface area contributed by atoms with Crippen molar-refractivity contribution < 1.29 is 9.90 Å². The van der Waals surface area contributed by atoms with Crippen LogP contribution in [0.3, 0.4) is 0 Å². The number of carboxylic acid groups (broad SMARTS) is 1. The topological polar surface area (TPSA) is 37.3 Å². The molecule has 0 saturated heterocycles. The van der Waals surface area contributed by atoms with Crippen molar-refractivity contribution in [1.29, 1.82) is 0 Å². The molecule has 14 heavy (non-hydrogen) atoms. The van der Waals surface area contributed by atoms with Gasteiger partial charge in [-0.2, -0.15) is 0 Å². The quantitative estimate of drug-likeness (QED) is 0.767. The second-order valence-electron chi connectivity index (χ2n) is 4.16. The molecule has 2 atom stereocenters. The third-order valence-corrected chi connectivity index (χ3v) is 4.70. The van der Waals surface area contributed by atoms with Crippen LogP contribution in [-0.2, 0) is 4.79 Å². The zero-order valence-electron chi connectivity index (χ0n) is 9.03. The standard InChI is InChI=1S/C11H20O2S/c1-3-8(2)14-10(11(12)13)9-6-4-5-7-9/h8-10H,3-7H2,1-2H3,(H,12,13). The van der Waals surface area contributed by atoms with Gasteiger partial charge < -0.3 is 5.11 Å². The summed E-state index contributed by atoms with van der Waals surface area (Å²) in [6.07, 6.45) is 5.72.